The Bertz CT molecular complexity index is 671. The van der Waals surface area contributed by atoms with E-state index < -0.39 is 5.54 Å². The molecule has 1 N–H and O–H groups in total. The van der Waals surface area contributed by atoms with E-state index in [0.29, 0.717) is 6.42 Å². The Kier molecular flexibility index (Phi) is 4.41. The van der Waals surface area contributed by atoms with Gasteiger partial charge in [0.2, 0.25) is 5.91 Å². The second-order valence-corrected chi connectivity index (χ2v) is 6.29. The molecule has 1 aliphatic rings. The zero-order valence-electron chi connectivity index (χ0n) is 13.7. The quantitative estimate of drug-likeness (QED) is 0.942. The zero-order valence-corrected chi connectivity index (χ0v) is 13.7. The Morgan fingerprint density at radius 1 is 1.22 bits per heavy atom. The number of carbonyl (C=O) groups excluding carboxylic acids is 1. The van der Waals surface area contributed by atoms with Gasteiger partial charge in [-0.2, -0.15) is 4.68 Å². The first kappa shape index (κ1) is 15.6. The number of hydrogen-bond donors (Lipinski definition) is 1. The molecular formula is C17H23N5O. The molecule has 6 heteroatoms. The molecule has 1 saturated carbocycles. The number of amides is 1. The summed E-state index contributed by atoms with van der Waals surface area (Å²) in [5.41, 5.74) is 1.65. The van der Waals surface area contributed by atoms with Gasteiger partial charge in [-0.15, -0.1) is 5.10 Å². The van der Waals surface area contributed by atoms with E-state index in [1.807, 2.05) is 38.1 Å². The number of rotatable bonds is 4. The fraction of sp³-hybridized carbons (Fsp3) is 0.529. The van der Waals surface area contributed by atoms with Gasteiger partial charge < -0.3 is 5.32 Å². The van der Waals surface area contributed by atoms with Gasteiger partial charge in [-0.1, -0.05) is 43.9 Å². The molecular weight excluding hydrogens is 290 g/mol. The molecule has 1 aliphatic carbocycles. The van der Waals surface area contributed by atoms with Crippen molar-refractivity contribution < 1.29 is 4.79 Å². The number of nitrogens with one attached hydrogen (secondary N) is 1. The normalized spacial score (nSPS) is 17.0. The van der Waals surface area contributed by atoms with Crippen LogP contribution in [0.25, 0.3) is 5.69 Å². The lowest BCUT2D eigenvalue weighted by Gasteiger charge is -2.36. The van der Waals surface area contributed by atoms with Crippen LogP contribution < -0.4 is 5.32 Å². The fourth-order valence-electron chi connectivity index (χ4n) is 3.26. The van der Waals surface area contributed by atoms with Crippen LogP contribution in [-0.4, -0.2) is 26.1 Å². The smallest absolute Gasteiger partial charge is 0.220 e. The van der Waals surface area contributed by atoms with E-state index in [-0.39, 0.29) is 5.91 Å². The molecule has 1 aromatic heterocycles. The summed E-state index contributed by atoms with van der Waals surface area (Å²) in [6.07, 6.45) is 5.56. The molecule has 23 heavy (non-hydrogen) atoms. The topological polar surface area (TPSA) is 72.7 Å². The molecule has 1 fully saturated rings. The van der Waals surface area contributed by atoms with Gasteiger partial charge in [-0.3, -0.25) is 4.79 Å². The second-order valence-electron chi connectivity index (χ2n) is 6.29. The summed E-state index contributed by atoms with van der Waals surface area (Å²) in [5.74, 6) is 0.785. The number of hydrogen-bond acceptors (Lipinski definition) is 4. The van der Waals surface area contributed by atoms with Crippen LogP contribution in [0.5, 0.6) is 0 Å². The van der Waals surface area contributed by atoms with Gasteiger partial charge in [0, 0.05) is 6.42 Å². The highest BCUT2D eigenvalue weighted by atomic mass is 16.1. The van der Waals surface area contributed by atoms with Crippen LogP contribution >= 0.6 is 0 Å². The van der Waals surface area contributed by atoms with E-state index in [2.05, 4.69) is 20.8 Å². The summed E-state index contributed by atoms with van der Waals surface area (Å²) in [7, 11) is 0. The van der Waals surface area contributed by atoms with Crippen molar-refractivity contribution in [3.8, 4) is 5.69 Å². The number of aryl methyl sites for hydroxylation is 1. The summed E-state index contributed by atoms with van der Waals surface area (Å²) in [5, 5.41) is 15.5. The van der Waals surface area contributed by atoms with E-state index >= 15 is 0 Å². The lowest BCUT2D eigenvalue weighted by atomic mass is 9.80. The van der Waals surface area contributed by atoms with Gasteiger partial charge in [-0.25, -0.2) is 0 Å². The third-order valence-electron chi connectivity index (χ3n) is 4.58. The van der Waals surface area contributed by atoms with Crippen molar-refractivity contribution in [1.82, 2.24) is 25.5 Å². The van der Waals surface area contributed by atoms with Crippen LogP contribution in [-0.2, 0) is 10.3 Å². The molecule has 1 amide bonds. The van der Waals surface area contributed by atoms with Crippen molar-refractivity contribution in [2.75, 3.05) is 0 Å². The van der Waals surface area contributed by atoms with Gasteiger partial charge in [0.1, 0.15) is 5.54 Å². The summed E-state index contributed by atoms with van der Waals surface area (Å²) in [6, 6.07) is 8.10. The Labute approximate surface area is 136 Å². The standard InChI is InChI=1S/C17H23N5O/c1-3-15(23)18-17(11-5-4-6-12-17)16-19-20-21-22(16)14-9-7-13(2)8-10-14/h7-10H,3-6,11-12H2,1-2H3,(H,18,23). The SMILES string of the molecule is CCC(=O)NC1(c2nnnn2-c2ccc(C)cc2)CCCCC1. The number of nitrogens with zero attached hydrogens (tertiary/aromatic N) is 4. The van der Waals surface area contributed by atoms with Crippen LogP contribution in [0.2, 0.25) is 0 Å². The molecule has 0 saturated heterocycles. The lowest BCUT2D eigenvalue weighted by Crippen LogP contribution is -2.48. The maximum atomic E-state index is 12.1. The third kappa shape index (κ3) is 3.11. The van der Waals surface area contributed by atoms with E-state index in [4.69, 9.17) is 0 Å². The second kappa shape index (κ2) is 6.48. The maximum Gasteiger partial charge on any atom is 0.220 e. The van der Waals surface area contributed by atoms with E-state index in [9.17, 15) is 4.79 Å². The number of benzene rings is 1. The van der Waals surface area contributed by atoms with Crippen molar-refractivity contribution in [2.24, 2.45) is 0 Å². The first-order valence-electron chi connectivity index (χ1n) is 8.31. The highest BCUT2D eigenvalue weighted by Crippen LogP contribution is 2.36. The average molecular weight is 313 g/mol. The highest BCUT2D eigenvalue weighted by Gasteiger charge is 2.40. The third-order valence-corrected chi connectivity index (χ3v) is 4.58. The summed E-state index contributed by atoms with van der Waals surface area (Å²) in [4.78, 5) is 12.1. The van der Waals surface area contributed by atoms with Gasteiger partial charge in [0.05, 0.1) is 5.69 Å². The molecule has 0 unspecified atom stereocenters. The van der Waals surface area contributed by atoms with Crippen molar-refractivity contribution in [3.05, 3.63) is 35.7 Å². The molecule has 3 rings (SSSR count). The first-order valence-corrected chi connectivity index (χ1v) is 8.31. The van der Waals surface area contributed by atoms with Gasteiger partial charge in [-0.05, 0) is 42.3 Å². The summed E-state index contributed by atoms with van der Waals surface area (Å²) >= 11 is 0. The molecule has 0 aliphatic heterocycles. The van der Waals surface area contributed by atoms with Crippen LogP contribution in [0.15, 0.2) is 24.3 Å². The Balaban J connectivity index is 2.02. The molecule has 2 aromatic rings. The molecule has 0 atom stereocenters. The van der Waals surface area contributed by atoms with Gasteiger partial charge in [0.25, 0.3) is 0 Å². The summed E-state index contributed by atoms with van der Waals surface area (Å²) < 4.78 is 1.76. The van der Waals surface area contributed by atoms with Gasteiger partial charge >= 0.3 is 0 Å². The summed E-state index contributed by atoms with van der Waals surface area (Å²) in [6.45, 7) is 3.92. The minimum Gasteiger partial charge on any atom is -0.343 e. The van der Waals surface area contributed by atoms with E-state index in [1.165, 1.54) is 12.0 Å². The van der Waals surface area contributed by atoms with Crippen molar-refractivity contribution in [3.63, 3.8) is 0 Å². The molecule has 122 valence electrons. The van der Waals surface area contributed by atoms with E-state index in [0.717, 1.165) is 37.2 Å². The molecule has 6 nitrogen and oxygen atoms in total. The van der Waals surface area contributed by atoms with Gasteiger partial charge in [0.15, 0.2) is 5.82 Å². The van der Waals surface area contributed by atoms with Crippen LogP contribution in [0.1, 0.15) is 56.8 Å². The van der Waals surface area contributed by atoms with E-state index in [1.54, 1.807) is 4.68 Å². The van der Waals surface area contributed by atoms with Crippen LogP contribution in [0.4, 0.5) is 0 Å². The first-order chi connectivity index (χ1) is 11.1. The zero-order chi connectivity index (χ0) is 16.3. The van der Waals surface area contributed by atoms with Crippen LogP contribution in [0.3, 0.4) is 0 Å². The predicted octanol–water partition coefficient (Wildman–Crippen LogP) is 2.66. The molecule has 1 heterocycles. The predicted molar refractivity (Wildman–Crippen MR) is 87.1 cm³/mol. The van der Waals surface area contributed by atoms with Crippen LogP contribution in [0, 0.1) is 6.92 Å². The fourth-order valence-corrected chi connectivity index (χ4v) is 3.26. The Hall–Kier alpha value is -2.24. The average Bonchev–Trinajstić information content (AvgIpc) is 3.06. The molecule has 1 aromatic carbocycles. The minimum atomic E-state index is -0.459. The Morgan fingerprint density at radius 2 is 1.91 bits per heavy atom. The number of tetrazole rings is 1. The van der Waals surface area contributed by atoms with Crippen molar-refractivity contribution in [1.29, 1.82) is 0 Å². The monoisotopic (exact) mass is 313 g/mol. The highest BCUT2D eigenvalue weighted by molar-refractivity contribution is 5.76. The van der Waals surface area contributed by atoms with Crippen molar-refractivity contribution in [2.45, 2.75) is 57.9 Å². The largest absolute Gasteiger partial charge is 0.343 e. The lowest BCUT2D eigenvalue weighted by molar-refractivity contribution is -0.123. The Morgan fingerprint density at radius 3 is 2.57 bits per heavy atom. The van der Waals surface area contributed by atoms with Crippen molar-refractivity contribution >= 4 is 5.91 Å². The molecule has 0 bridgehead atoms. The number of carbonyl (C=O) groups is 1. The molecule has 0 radical (unpaired) electrons. The minimum absolute atomic E-state index is 0.0466. The number of aromatic nitrogens is 4. The maximum absolute atomic E-state index is 12.1. The molecule has 0 spiro atoms.